The largest absolute Gasteiger partial charge is 0.496 e. The van der Waals surface area contributed by atoms with Crippen LogP contribution in [-0.4, -0.2) is 24.2 Å². The van der Waals surface area contributed by atoms with E-state index in [0.29, 0.717) is 16.9 Å². The molecule has 2 rings (SSSR count). The zero-order valence-corrected chi connectivity index (χ0v) is 11.7. The number of carbonyl (C=O) groups excluding carboxylic acids is 1. The third-order valence-electron chi connectivity index (χ3n) is 2.85. The molecule has 0 radical (unpaired) electrons. The third kappa shape index (κ3) is 3.45. The number of rotatable bonds is 5. The van der Waals surface area contributed by atoms with Gasteiger partial charge in [-0.1, -0.05) is 24.3 Å². The molecule has 0 aliphatic rings. The summed E-state index contributed by atoms with van der Waals surface area (Å²) in [5, 5.41) is 14.6. The fourth-order valence-electron chi connectivity index (χ4n) is 1.82. The fraction of sp³-hybridized carbons (Fsp3) is 0.0667. The highest BCUT2D eigenvalue weighted by Crippen LogP contribution is 2.17. The molecule has 0 atom stereocenters. The van der Waals surface area contributed by atoms with Crippen molar-refractivity contribution in [2.45, 2.75) is 0 Å². The number of hydrazone groups is 1. The molecule has 0 aliphatic carbocycles. The van der Waals surface area contributed by atoms with Crippen molar-refractivity contribution in [1.29, 1.82) is 0 Å². The van der Waals surface area contributed by atoms with Gasteiger partial charge in [-0.25, -0.2) is 5.43 Å². The van der Waals surface area contributed by atoms with Crippen LogP contribution in [0.5, 0.6) is 5.75 Å². The highest BCUT2D eigenvalue weighted by molar-refractivity contribution is 5.97. The van der Waals surface area contributed by atoms with Crippen LogP contribution >= 0.6 is 0 Å². The van der Waals surface area contributed by atoms with Gasteiger partial charge >= 0.3 is 0 Å². The Balaban J connectivity index is 2.13. The third-order valence-corrected chi connectivity index (χ3v) is 2.85. The Kier molecular flexibility index (Phi) is 4.81. The van der Waals surface area contributed by atoms with Crippen LogP contribution in [0.1, 0.15) is 15.9 Å². The van der Waals surface area contributed by atoms with Gasteiger partial charge in [-0.2, -0.15) is 5.10 Å². The lowest BCUT2D eigenvalue weighted by molar-refractivity contribution is -0.385. The molecule has 0 bridgehead atoms. The number of hydrogen-bond acceptors (Lipinski definition) is 5. The molecule has 0 fully saturated rings. The van der Waals surface area contributed by atoms with Crippen LogP contribution in [0.4, 0.5) is 5.69 Å². The van der Waals surface area contributed by atoms with Crippen LogP contribution in [-0.2, 0) is 0 Å². The Morgan fingerprint density at radius 2 is 1.91 bits per heavy atom. The van der Waals surface area contributed by atoms with Crippen LogP contribution in [0.2, 0.25) is 0 Å². The summed E-state index contributed by atoms with van der Waals surface area (Å²) in [6.45, 7) is 0. The Morgan fingerprint density at radius 1 is 1.23 bits per heavy atom. The van der Waals surface area contributed by atoms with Gasteiger partial charge in [0, 0.05) is 6.07 Å². The highest BCUT2D eigenvalue weighted by atomic mass is 16.6. The topological polar surface area (TPSA) is 93.8 Å². The summed E-state index contributed by atoms with van der Waals surface area (Å²) in [4.78, 5) is 22.3. The summed E-state index contributed by atoms with van der Waals surface area (Å²) in [7, 11) is 1.46. The number of nitrogens with zero attached hydrogens (tertiary/aromatic N) is 2. The molecular weight excluding hydrogens is 286 g/mol. The Morgan fingerprint density at radius 3 is 2.64 bits per heavy atom. The molecule has 2 aromatic carbocycles. The summed E-state index contributed by atoms with van der Waals surface area (Å²) >= 11 is 0. The molecule has 0 saturated heterocycles. The lowest BCUT2D eigenvalue weighted by Crippen LogP contribution is -2.18. The second-order valence-corrected chi connectivity index (χ2v) is 4.22. The lowest BCUT2D eigenvalue weighted by atomic mass is 10.2. The zero-order valence-electron chi connectivity index (χ0n) is 11.7. The standard InChI is InChI=1S/C15H13N3O4/c1-22-14-9-5-3-7-12(14)15(19)17-16-10-11-6-2-4-8-13(11)18(20)21/h2-10H,1H3,(H,17,19)/b16-10-. The average Bonchev–Trinajstić information content (AvgIpc) is 2.55. The van der Waals surface area contributed by atoms with Gasteiger partial charge in [0.15, 0.2) is 0 Å². The van der Waals surface area contributed by atoms with E-state index in [1.165, 1.54) is 25.5 Å². The second kappa shape index (κ2) is 6.98. The first-order chi connectivity index (χ1) is 10.6. The molecule has 22 heavy (non-hydrogen) atoms. The minimum atomic E-state index is -0.511. The van der Waals surface area contributed by atoms with E-state index in [-0.39, 0.29) is 5.69 Å². The number of nitro benzene ring substituents is 1. The lowest BCUT2D eigenvalue weighted by Gasteiger charge is -2.05. The Hall–Kier alpha value is -3.22. The number of nitro groups is 1. The van der Waals surface area contributed by atoms with Crippen LogP contribution in [0, 0.1) is 10.1 Å². The molecule has 1 N–H and O–H groups in total. The van der Waals surface area contributed by atoms with E-state index in [4.69, 9.17) is 4.74 Å². The molecule has 0 aromatic heterocycles. The van der Waals surface area contributed by atoms with Gasteiger partial charge in [-0.3, -0.25) is 14.9 Å². The van der Waals surface area contributed by atoms with Gasteiger partial charge in [0.25, 0.3) is 11.6 Å². The molecule has 0 heterocycles. The summed E-state index contributed by atoms with van der Waals surface area (Å²) < 4.78 is 5.08. The minimum absolute atomic E-state index is 0.0854. The average molecular weight is 299 g/mol. The number of carbonyl (C=O) groups is 1. The van der Waals surface area contributed by atoms with Gasteiger partial charge in [0.2, 0.25) is 0 Å². The van der Waals surface area contributed by atoms with Gasteiger partial charge in [0.05, 0.1) is 29.4 Å². The number of hydrogen-bond donors (Lipinski definition) is 1. The predicted molar refractivity (Wildman–Crippen MR) is 81.2 cm³/mol. The first-order valence-electron chi connectivity index (χ1n) is 6.33. The maximum atomic E-state index is 12.0. The van der Waals surface area contributed by atoms with Gasteiger partial charge in [-0.15, -0.1) is 0 Å². The number of ether oxygens (including phenoxy) is 1. The van der Waals surface area contributed by atoms with E-state index in [2.05, 4.69) is 10.5 Å². The van der Waals surface area contributed by atoms with Crippen molar-refractivity contribution >= 4 is 17.8 Å². The van der Waals surface area contributed by atoms with Crippen molar-refractivity contribution in [2.75, 3.05) is 7.11 Å². The SMILES string of the molecule is COc1ccccc1C(=O)N/N=C\c1ccccc1[N+](=O)[O-]. The molecule has 0 unspecified atom stereocenters. The summed E-state index contributed by atoms with van der Waals surface area (Å²) in [6, 6.07) is 12.8. The van der Waals surface area contributed by atoms with Crippen molar-refractivity contribution in [3.63, 3.8) is 0 Å². The maximum absolute atomic E-state index is 12.0. The van der Waals surface area contributed by atoms with E-state index < -0.39 is 10.8 Å². The van der Waals surface area contributed by atoms with Crippen molar-refractivity contribution in [3.05, 3.63) is 69.8 Å². The van der Waals surface area contributed by atoms with E-state index >= 15 is 0 Å². The smallest absolute Gasteiger partial charge is 0.278 e. The Bertz CT molecular complexity index is 728. The second-order valence-electron chi connectivity index (χ2n) is 4.22. The minimum Gasteiger partial charge on any atom is -0.496 e. The first-order valence-corrected chi connectivity index (χ1v) is 6.33. The molecule has 112 valence electrons. The van der Waals surface area contributed by atoms with Crippen LogP contribution in [0.15, 0.2) is 53.6 Å². The fourth-order valence-corrected chi connectivity index (χ4v) is 1.82. The van der Waals surface area contributed by atoms with E-state index in [1.807, 2.05) is 0 Å². The number of amides is 1. The highest BCUT2D eigenvalue weighted by Gasteiger charge is 2.12. The molecule has 7 nitrogen and oxygen atoms in total. The molecule has 0 aliphatic heterocycles. The van der Waals surface area contributed by atoms with Crippen molar-refractivity contribution in [2.24, 2.45) is 5.10 Å². The predicted octanol–water partition coefficient (Wildman–Crippen LogP) is 2.37. The molecule has 0 saturated carbocycles. The summed E-state index contributed by atoms with van der Waals surface area (Å²) in [6.07, 6.45) is 1.23. The summed E-state index contributed by atoms with van der Waals surface area (Å²) in [5.74, 6) is -0.0480. The normalized spacial score (nSPS) is 10.4. The van der Waals surface area contributed by atoms with Gasteiger partial charge in [0.1, 0.15) is 5.75 Å². The number of para-hydroxylation sites is 2. The molecule has 2 aromatic rings. The van der Waals surface area contributed by atoms with Crippen molar-refractivity contribution in [1.82, 2.24) is 5.43 Å². The molecule has 1 amide bonds. The van der Waals surface area contributed by atoms with Gasteiger partial charge < -0.3 is 4.74 Å². The summed E-state index contributed by atoms with van der Waals surface area (Å²) in [5.41, 5.74) is 2.85. The number of nitrogens with one attached hydrogen (secondary N) is 1. The van der Waals surface area contributed by atoms with E-state index in [9.17, 15) is 14.9 Å². The Labute approximate surface area is 126 Å². The number of methoxy groups -OCH3 is 1. The first kappa shape index (κ1) is 15.2. The molecule has 7 heteroatoms. The van der Waals surface area contributed by atoms with Crippen LogP contribution in [0.3, 0.4) is 0 Å². The van der Waals surface area contributed by atoms with E-state index in [0.717, 1.165) is 0 Å². The maximum Gasteiger partial charge on any atom is 0.278 e. The van der Waals surface area contributed by atoms with Crippen LogP contribution < -0.4 is 10.2 Å². The van der Waals surface area contributed by atoms with Crippen molar-refractivity contribution in [3.8, 4) is 5.75 Å². The quantitative estimate of drug-likeness (QED) is 0.521. The van der Waals surface area contributed by atoms with E-state index in [1.54, 1.807) is 36.4 Å². The van der Waals surface area contributed by atoms with Crippen LogP contribution in [0.25, 0.3) is 0 Å². The zero-order chi connectivity index (χ0) is 15.9. The van der Waals surface area contributed by atoms with Crippen molar-refractivity contribution < 1.29 is 14.5 Å². The number of benzene rings is 2. The molecular formula is C15H13N3O4. The molecule has 0 spiro atoms. The monoisotopic (exact) mass is 299 g/mol. The van der Waals surface area contributed by atoms with Gasteiger partial charge in [-0.05, 0) is 18.2 Å².